The van der Waals surface area contributed by atoms with E-state index < -0.39 is 11.4 Å². The first-order chi connectivity index (χ1) is 13.6. The topological polar surface area (TPSA) is 63.6 Å². The molecular formula is C25H36O4. The van der Waals surface area contributed by atoms with Gasteiger partial charge in [0.15, 0.2) is 0 Å². The molecule has 0 saturated heterocycles. The molecule has 0 aliphatic heterocycles. The van der Waals surface area contributed by atoms with Crippen molar-refractivity contribution in [1.29, 1.82) is 0 Å². The first-order valence-electron chi connectivity index (χ1n) is 11.3. The van der Waals surface area contributed by atoms with Gasteiger partial charge in [0.25, 0.3) is 0 Å². The fraction of sp³-hybridized carbons (Fsp3) is 0.760. The molecule has 5 aliphatic rings. The zero-order valence-electron chi connectivity index (χ0n) is 18.4. The lowest BCUT2D eigenvalue weighted by molar-refractivity contribution is -0.207. The number of fused-ring (bicyclic) bond motifs is 3. The minimum absolute atomic E-state index is 0.0524. The zero-order valence-corrected chi connectivity index (χ0v) is 18.4. The number of hydrogen-bond donors (Lipinski definition) is 1. The van der Waals surface area contributed by atoms with Gasteiger partial charge in [-0.1, -0.05) is 31.6 Å². The van der Waals surface area contributed by atoms with Crippen LogP contribution in [0.15, 0.2) is 23.8 Å². The maximum Gasteiger partial charge on any atom is 0.333 e. The Kier molecular flexibility index (Phi) is 4.79. The second kappa shape index (κ2) is 6.72. The molecule has 0 amide bonds. The summed E-state index contributed by atoms with van der Waals surface area (Å²) in [4.78, 5) is 24.7. The Morgan fingerprint density at radius 3 is 2.59 bits per heavy atom. The van der Waals surface area contributed by atoms with E-state index in [1.54, 1.807) is 13.0 Å². The van der Waals surface area contributed by atoms with Crippen molar-refractivity contribution < 1.29 is 19.4 Å². The van der Waals surface area contributed by atoms with Crippen LogP contribution < -0.4 is 0 Å². The van der Waals surface area contributed by atoms with Crippen molar-refractivity contribution in [3.05, 3.63) is 23.8 Å². The van der Waals surface area contributed by atoms with Crippen molar-refractivity contribution in [2.45, 2.75) is 85.2 Å². The number of ether oxygens (including phenoxy) is 1. The number of hydrogen-bond acceptors (Lipinski definition) is 3. The number of rotatable bonds is 3. The number of aliphatic carboxylic acids is 1. The minimum atomic E-state index is -0.622. The molecule has 29 heavy (non-hydrogen) atoms. The fourth-order valence-electron chi connectivity index (χ4n) is 8.02. The highest BCUT2D eigenvalue weighted by atomic mass is 16.5. The van der Waals surface area contributed by atoms with Gasteiger partial charge in [-0.15, -0.1) is 0 Å². The molecule has 4 nitrogen and oxygen atoms in total. The first-order valence-corrected chi connectivity index (χ1v) is 11.3. The Morgan fingerprint density at radius 1 is 1.21 bits per heavy atom. The molecule has 7 atom stereocenters. The smallest absolute Gasteiger partial charge is 0.333 e. The highest BCUT2D eigenvalue weighted by molar-refractivity contribution is 5.87. The van der Waals surface area contributed by atoms with Crippen LogP contribution >= 0.6 is 0 Å². The Labute approximate surface area is 174 Å². The molecule has 160 valence electrons. The summed E-state index contributed by atoms with van der Waals surface area (Å²) in [5.41, 5.74) is 1.45. The molecule has 5 rings (SSSR count). The molecule has 0 aromatic heterocycles. The van der Waals surface area contributed by atoms with Crippen LogP contribution in [0.3, 0.4) is 0 Å². The second-order valence-corrected chi connectivity index (χ2v) is 10.9. The Bertz CT molecular complexity index is 782. The lowest BCUT2D eigenvalue weighted by atomic mass is 9.36. The summed E-state index contributed by atoms with van der Waals surface area (Å²) >= 11 is 0. The third kappa shape index (κ3) is 2.84. The van der Waals surface area contributed by atoms with Crippen molar-refractivity contribution in [2.24, 2.45) is 34.0 Å². The highest BCUT2D eigenvalue weighted by Crippen LogP contribution is 2.72. The number of allylic oxidation sites excluding steroid dienone is 1. The van der Waals surface area contributed by atoms with Crippen LogP contribution in [0.1, 0.15) is 79.1 Å². The Morgan fingerprint density at radius 2 is 1.93 bits per heavy atom. The van der Waals surface area contributed by atoms with Crippen LogP contribution in [0.2, 0.25) is 0 Å². The van der Waals surface area contributed by atoms with E-state index in [4.69, 9.17) is 4.74 Å². The summed E-state index contributed by atoms with van der Waals surface area (Å²) in [6, 6.07) is 0. The van der Waals surface area contributed by atoms with Crippen LogP contribution in [0.25, 0.3) is 0 Å². The van der Waals surface area contributed by atoms with Crippen molar-refractivity contribution in [3.8, 4) is 0 Å². The molecule has 2 bridgehead atoms. The number of carbonyl (C=O) groups excluding carboxylic acids is 1. The minimum Gasteiger partial charge on any atom is -0.481 e. The van der Waals surface area contributed by atoms with E-state index in [-0.39, 0.29) is 34.7 Å². The molecule has 0 aromatic carbocycles. The molecule has 0 radical (unpaired) electrons. The van der Waals surface area contributed by atoms with E-state index in [1.165, 1.54) is 5.57 Å². The van der Waals surface area contributed by atoms with Crippen LogP contribution in [0.4, 0.5) is 0 Å². The Hall–Kier alpha value is -1.58. The van der Waals surface area contributed by atoms with Gasteiger partial charge in [-0.3, -0.25) is 4.79 Å². The van der Waals surface area contributed by atoms with Gasteiger partial charge in [0, 0.05) is 11.5 Å². The number of esters is 1. The first kappa shape index (κ1) is 20.7. The van der Waals surface area contributed by atoms with Gasteiger partial charge in [0.1, 0.15) is 6.10 Å². The quantitative estimate of drug-likeness (QED) is 0.384. The SMILES string of the molecule is C=C1CC23CCC4C(C)(C(=O)O)CCCC4(C)C2CC1C(OC(=O)C(C)=CC)C3. The third-order valence-corrected chi connectivity index (χ3v) is 9.59. The summed E-state index contributed by atoms with van der Waals surface area (Å²) < 4.78 is 5.98. The molecule has 5 aliphatic carbocycles. The van der Waals surface area contributed by atoms with E-state index in [1.807, 2.05) is 13.8 Å². The predicted octanol–water partition coefficient (Wildman–Crippen LogP) is 5.53. The van der Waals surface area contributed by atoms with Crippen molar-refractivity contribution in [2.75, 3.05) is 0 Å². The summed E-state index contributed by atoms with van der Waals surface area (Å²) in [6.45, 7) is 12.4. The van der Waals surface area contributed by atoms with Gasteiger partial charge in [-0.05, 0) is 88.4 Å². The monoisotopic (exact) mass is 400 g/mol. The molecule has 7 unspecified atom stereocenters. The third-order valence-electron chi connectivity index (χ3n) is 9.59. The van der Waals surface area contributed by atoms with Crippen molar-refractivity contribution >= 4 is 11.9 Å². The van der Waals surface area contributed by atoms with Crippen LogP contribution in [0, 0.1) is 34.0 Å². The standard InChI is InChI=1S/C25H36O4/c1-6-15(2)21(26)29-18-14-25-11-8-19-23(4,9-7-10-24(19,5)22(27)28)20(25)12-17(18)16(3)13-25/h6,17-20H,3,7-14H2,1-2,4-5H3,(H,27,28). The molecule has 1 spiro atoms. The van der Waals surface area contributed by atoms with Gasteiger partial charge >= 0.3 is 11.9 Å². The van der Waals surface area contributed by atoms with E-state index in [9.17, 15) is 14.7 Å². The molecular weight excluding hydrogens is 364 g/mol. The summed E-state index contributed by atoms with van der Waals surface area (Å²) in [5.74, 6) is 0.117. The van der Waals surface area contributed by atoms with Gasteiger partial charge in [0.05, 0.1) is 5.41 Å². The average Bonchev–Trinajstić information content (AvgIpc) is 2.66. The summed E-state index contributed by atoms with van der Waals surface area (Å²) in [5, 5.41) is 10.1. The summed E-state index contributed by atoms with van der Waals surface area (Å²) in [7, 11) is 0. The lowest BCUT2D eigenvalue weighted by Gasteiger charge is -2.68. The average molecular weight is 401 g/mol. The van der Waals surface area contributed by atoms with Crippen LogP contribution in [0.5, 0.6) is 0 Å². The molecule has 1 N–H and O–H groups in total. The van der Waals surface area contributed by atoms with Gasteiger partial charge in [-0.25, -0.2) is 4.79 Å². The largest absolute Gasteiger partial charge is 0.481 e. The Balaban J connectivity index is 1.65. The highest BCUT2D eigenvalue weighted by Gasteiger charge is 2.66. The van der Waals surface area contributed by atoms with Crippen LogP contribution in [-0.4, -0.2) is 23.1 Å². The normalized spacial score (nSPS) is 46.6. The van der Waals surface area contributed by atoms with E-state index in [0.717, 1.165) is 51.4 Å². The summed E-state index contributed by atoms with van der Waals surface area (Å²) in [6.07, 6.45) is 9.55. The maximum absolute atomic E-state index is 12.4. The van der Waals surface area contributed by atoms with E-state index in [0.29, 0.717) is 11.5 Å². The van der Waals surface area contributed by atoms with E-state index >= 15 is 0 Å². The number of carboxylic acids is 1. The van der Waals surface area contributed by atoms with Gasteiger partial charge in [-0.2, -0.15) is 0 Å². The molecule has 0 aromatic rings. The predicted molar refractivity (Wildman–Crippen MR) is 112 cm³/mol. The second-order valence-electron chi connectivity index (χ2n) is 10.9. The number of carbonyl (C=O) groups is 2. The molecule has 5 saturated carbocycles. The van der Waals surface area contributed by atoms with Crippen molar-refractivity contribution in [1.82, 2.24) is 0 Å². The number of carboxylic acid groups (broad SMARTS) is 1. The molecule has 0 heterocycles. The van der Waals surface area contributed by atoms with Crippen molar-refractivity contribution in [3.63, 3.8) is 0 Å². The van der Waals surface area contributed by atoms with Gasteiger partial charge < -0.3 is 9.84 Å². The van der Waals surface area contributed by atoms with Gasteiger partial charge in [0.2, 0.25) is 0 Å². The molecule has 4 heteroatoms. The van der Waals surface area contributed by atoms with Crippen LogP contribution in [-0.2, 0) is 14.3 Å². The lowest BCUT2D eigenvalue weighted by Crippen LogP contribution is -2.63. The zero-order chi connectivity index (χ0) is 21.2. The molecule has 5 fully saturated rings. The fourth-order valence-corrected chi connectivity index (χ4v) is 8.02. The van der Waals surface area contributed by atoms with E-state index in [2.05, 4.69) is 13.5 Å². The maximum atomic E-state index is 12.4.